The van der Waals surface area contributed by atoms with Gasteiger partial charge in [-0.25, -0.2) is 4.79 Å². The van der Waals surface area contributed by atoms with Crippen LogP contribution in [0.3, 0.4) is 0 Å². The molecule has 0 saturated carbocycles. The number of carbonyl (C=O) groups excluding carboxylic acids is 3. The zero-order chi connectivity index (χ0) is 20.6. The van der Waals surface area contributed by atoms with Crippen LogP contribution in [0.15, 0.2) is 78.4 Å². The Morgan fingerprint density at radius 2 is 1.76 bits per heavy atom. The van der Waals surface area contributed by atoms with E-state index in [1.54, 1.807) is 36.1 Å². The zero-order valence-corrected chi connectivity index (χ0v) is 16.1. The lowest BCUT2D eigenvalue weighted by molar-refractivity contribution is -0.142. The molecule has 0 aromatic heterocycles. The Morgan fingerprint density at radius 1 is 1.07 bits per heavy atom. The number of nitrogens with one attached hydrogen (secondary N) is 1. The summed E-state index contributed by atoms with van der Waals surface area (Å²) in [6.07, 6.45) is 6.36. The molecule has 1 aliphatic rings. The van der Waals surface area contributed by atoms with Crippen molar-refractivity contribution in [1.29, 1.82) is 0 Å². The molecule has 0 bridgehead atoms. The topological polar surface area (TPSA) is 75.7 Å². The van der Waals surface area contributed by atoms with Crippen LogP contribution >= 0.6 is 0 Å². The van der Waals surface area contributed by atoms with E-state index in [1.165, 1.54) is 12.2 Å². The van der Waals surface area contributed by atoms with Crippen molar-refractivity contribution in [3.05, 3.63) is 89.5 Å². The molecule has 6 heteroatoms. The minimum Gasteiger partial charge on any atom is -0.336 e. The number of rotatable bonds is 6. The highest BCUT2D eigenvalue weighted by atomic mass is 16.7. The Balaban J connectivity index is 1.75. The molecular weight excluding hydrogens is 368 g/mol. The SMILES string of the molecule is CC=CC(=O)ONC(=O)c1ccc(N(Cc2ccccc2)C(=O)C2=CCC2)cc1. The average molecular weight is 390 g/mol. The lowest BCUT2D eigenvalue weighted by Crippen LogP contribution is -2.33. The first-order valence-electron chi connectivity index (χ1n) is 9.37. The Bertz CT molecular complexity index is 947. The van der Waals surface area contributed by atoms with Crippen molar-refractivity contribution in [2.45, 2.75) is 26.3 Å². The third kappa shape index (κ3) is 5.19. The maximum atomic E-state index is 12.9. The molecule has 0 heterocycles. The van der Waals surface area contributed by atoms with E-state index in [2.05, 4.69) is 10.3 Å². The maximum Gasteiger partial charge on any atom is 0.355 e. The number of allylic oxidation sites excluding steroid dienone is 2. The summed E-state index contributed by atoms with van der Waals surface area (Å²) in [5.41, 5.74) is 4.92. The van der Waals surface area contributed by atoms with Crippen LogP contribution in [0.5, 0.6) is 0 Å². The van der Waals surface area contributed by atoms with Gasteiger partial charge in [-0.15, -0.1) is 0 Å². The molecule has 1 N–H and O–H groups in total. The van der Waals surface area contributed by atoms with E-state index in [9.17, 15) is 14.4 Å². The first kappa shape index (κ1) is 20.1. The number of hydrogen-bond acceptors (Lipinski definition) is 4. The summed E-state index contributed by atoms with van der Waals surface area (Å²) in [5.74, 6) is -1.24. The summed E-state index contributed by atoms with van der Waals surface area (Å²) >= 11 is 0. The van der Waals surface area contributed by atoms with Crippen LogP contribution in [0.2, 0.25) is 0 Å². The summed E-state index contributed by atoms with van der Waals surface area (Å²) in [6.45, 7) is 2.10. The normalized spacial score (nSPS) is 12.7. The van der Waals surface area contributed by atoms with Gasteiger partial charge in [-0.3, -0.25) is 9.59 Å². The van der Waals surface area contributed by atoms with Gasteiger partial charge in [0.05, 0.1) is 6.54 Å². The number of carbonyl (C=O) groups is 3. The molecule has 29 heavy (non-hydrogen) atoms. The predicted molar refractivity (Wildman–Crippen MR) is 110 cm³/mol. The van der Waals surface area contributed by atoms with Gasteiger partial charge >= 0.3 is 5.97 Å². The van der Waals surface area contributed by atoms with E-state index in [-0.39, 0.29) is 5.91 Å². The maximum absolute atomic E-state index is 12.9. The van der Waals surface area contributed by atoms with E-state index in [0.717, 1.165) is 24.0 Å². The summed E-state index contributed by atoms with van der Waals surface area (Å²) in [7, 11) is 0. The molecule has 2 aromatic rings. The lowest BCUT2D eigenvalue weighted by Gasteiger charge is -2.26. The van der Waals surface area contributed by atoms with Gasteiger partial charge < -0.3 is 9.74 Å². The molecular formula is C23H22N2O4. The Hall–Kier alpha value is -3.67. The van der Waals surface area contributed by atoms with E-state index < -0.39 is 11.9 Å². The zero-order valence-electron chi connectivity index (χ0n) is 16.1. The number of hydroxylamine groups is 1. The van der Waals surface area contributed by atoms with Crippen molar-refractivity contribution in [2.75, 3.05) is 4.90 Å². The third-order valence-electron chi connectivity index (χ3n) is 4.50. The second-order valence-corrected chi connectivity index (χ2v) is 6.54. The van der Waals surface area contributed by atoms with Gasteiger partial charge in [-0.05, 0) is 49.6 Å². The highest BCUT2D eigenvalue weighted by Crippen LogP contribution is 2.26. The largest absolute Gasteiger partial charge is 0.355 e. The fraction of sp³-hybridized carbons (Fsp3) is 0.174. The molecule has 0 unspecified atom stereocenters. The Morgan fingerprint density at radius 3 is 2.34 bits per heavy atom. The first-order valence-corrected chi connectivity index (χ1v) is 9.37. The van der Waals surface area contributed by atoms with Gasteiger partial charge in [0.2, 0.25) is 0 Å². The highest BCUT2D eigenvalue weighted by molar-refractivity contribution is 6.06. The number of benzene rings is 2. The van der Waals surface area contributed by atoms with Gasteiger partial charge in [0, 0.05) is 22.9 Å². The molecule has 0 saturated heterocycles. The molecule has 1 aliphatic carbocycles. The molecule has 0 radical (unpaired) electrons. The van der Waals surface area contributed by atoms with E-state index in [4.69, 9.17) is 0 Å². The van der Waals surface area contributed by atoms with E-state index >= 15 is 0 Å². The summed E-state index contributed by atoms with van der Waals surface area (Å²) in [4.78, 5) is 42.7. The van der Waals surface area contributed by atoms with Gasteiger partial charge in [0.15, 0.2) is 0 Å². The van der Waals surface area contributed by atoms with Crippen molar-refractivity contribution in [1.82, 2.24) is 5.48 Å². The first-order chi connectivity index (χ1) is 14.1. The quantitative estimate of drug-likeness (QED) is 0.603. The van der Waals surface area contributed by atoms with Gasteiger partial charge in [0.25, 0.3) is 11.8 Å². The van der Waals surface area contributed by atoms with Crippen LogP contribution in [0, 0.1) is 0 Å². The standard InChI is InChI=1S/C23H22N2O4/c1-2-7-21(26)29-24-22(27)18-12-14-20(15-13-18)25(23(28)19-10-6-11-19)16-17-8-4-3-5-9-17/h2-5,7-10,12-15H,6,11,16H2,1H3,(H,24,27). The van der Waals surface area contributed by atoms with Crippen molar-refractivity contribution in [3.8, 4) is 0 Å². The minimum atomic E-state index is -0.661. The number of anilines is 1. The van der Waals surface area contributed by atoms with Gasteiger partial charge in [0.1, 0.15) is 0 Å². The molecule has 3 rings (SSSR count). The highest BCUT2D eigenvalue weighted by Gasteiger charge is 2.23. The summed E-state index contributed by atoms with van der Waals surface area (Å²) in [6, 6.07) is 16.3. The number of amides is 2. The van der Waals surface area contributed by atoms with Crippen LogP contribution in [-0.2, 0) is 21.0 Å². The van der Waals surface area contributed by atoms with Crippen LogP contribution < -0.4 is 10.4 Å². The van der Waals surface area contributed by atoms with Crippen LogP contribution in [-0.4, -0.2) is 17.8 Å². The van der Waals surface area contributed by atoms with Crippen LogP contribution in [0.25, 0.3) is 0 Å². The van der Waals surface area contributed by atoms with Crippen molar-refractivity contribution in [2.24, 2.45) is 0 Å². The van der Waals surface area contributed by atoms with Crippen LogP contribution in [0.1, 0.15) is 35.7 Å². The molecule has 2 aromatic carbocycles. The molecule has 2 amide bonds. The van der Waals surface area contributed by atoms with Gasteiger partial charge in [-0.2, -0.15) is 5.48 Å². The Kier molecular flexibility index (Phi) is 6.58. The third-order valence-corrected chi connectivity index (χ3v) is 4.50. The minimum absolute atomic E-state index is 0.0300. The molecule has 0 atom stereocenters. The van der Waals surface area contributed by atoms with Crippen molar-refractivity contribution >= 4 is 23.5 Å². The molecule has 0 spiro atoms. The summed E-state index contributed by atoms with van der Waals surface area (Å²) < 4.78 is 0. The lowest BCUT2D eigenvalue weighted by atomic mass is 9.97. The second-order valence-electron chi connectivity index (χ2n) is 6.54. The second kappa shape index (κ2) is 9.50. The molecule has 0 aliphatic heterocycles. The predicted octanol–water partition coefficient (Wildman–Crippen LogP) is 3.70. The fourth-order valence-electron chi connectivity index (χ4n) is 2.82. The van der Waals surface area contributed by atoms with E-state index in [0.29, 0.717) is 17.8 Å². The molecule has 6 nitrogen and oxygen atoms in total. The average Bonchev–Trinajstić information content (AvgIpc) is 2.70. The van der Waals surface area contributed by atoms with Crippen molar-refractivity contribution < 1.29 is 19.2 Å². The smallest absolute Gasteiger partial charge is 0.336 e. The van der Waals surface area contributed by atoms with Gasteiger partial charge in [-0.1, -0.05) is 42.5 Å². The van der Waals surface area contributed by atoms with Crippen molar-refractivity contribution in [3.63, 3.8) is 0 Å². The van der Waals surface area contributed by atoms with Crippen LogP contribution in [0.4, 0.5) is 5.69 Å². The molecule has 0 fully saturated rings. The summed E-state index contributed by atoms with van der Waals surface area (Å²) in [5, 5.41) is 0. The number of nitrogens with zero attached hydrogens (tertiary/aromatic N) is 1. The fourth-order valence-corrected chi connectivity index (χ4v) is 2.82. The Labute approximate surface area is 169 Å². The van der Waals surface area contributed by atoms with E-state index in [1.807, 2.05) is 36.4 Å². The molecule has 148 valence electrons. The monoisotopic (exact) mass is 390 g/mol. The number of hydrogen-bond donors (Lipinski definition) is 1.